The second kappa shape index (κ2) is 8.70. The molecule has 142 valence electrons. The van der Waals surface area contributed by atoms with E-state index < -0.39 is 10.0 Å². The molecule has 27 heavy (non-hydrogen) atoms. The number of benzene rings is 1. The number of pyridine rings is 1. The summed E-state index contributed by atoms with van der Waals surface area (Å²) in [4.78, 5) is 4.32. The topological polar surface area (TPSA) is 81.9 Å². The van der Waals surface area contributed by atoms with Gasteiger partial charge in [-0.05, 0) is 48.5 Å². The molecule has 7 nitrogen and oxygen atoms in total. The fourth-order valence-electron chi connectivity index (χ4n) is 2.41. The molecule has 0 N–H and O–H groups in total. The first-order valence-corrected chi connectivity index (χ1v) is 9.73. The summed E-state index contributed by atoms with van der Waals surface area (Å²) >= 11 is 0. The second-order valence-corrected chi connectivity index (χ2v) is 7.45. The quantitative estimate of drug-likeness (QED) is 0.524. The van der Waals surface area contributed by atoms with E-state index in [9.17, 15) is 8.42 Å². The summed E-state index contributed by atoms with van der Waals surface area (Å²) in [5.41, 5.74) is 0. The normalized spacial score (nSPS) is 11.3. The van der Waals surface area contributed by atoms with Crippen molar-refractivity contribution in [2.75, 3.05) is 24.6 Å². The molecule has 0 atom stereocenters. The maximum atomic E-state index is 13.2. The fraction of sp³-hybridized carbons (Fsp3) is 0.211. The average molecular weight is 388 g/mol. The summed E-state index contributed by atoms with van der Waals surface area (Å²) in [5, 5.41) is 0. The number of rotatable bonds is 9. The second-order valence-electron chi connectivity index (χ2n) is 5.59. The zero-order chi connectivity index (χ0) is 19.1. The first-order chi connectivity index (χ1) is 13.1. The van der Waals surface area contributed by atoms with Gasteiger partial charge in [0.1, 0.15) is 23.9 Å². The monoisotopic (exact) mass is 388 g/mol. The van der Waals surface area contributed by atoms with Crippen LogP contribution in [0.4, 0.5) is 5.82 Å². The van der Waals surface area contributed by atoms with Crippen LogP contribution in [0, 0.1) is 0 Å². The number of furan rings is 1. The molecule has 0 amide bonds. The van der Waals surface area contributed by atoms with Gasteiger partial charge < -0.3 is 13.9 Å². The number of aromatic nitrogens is 1. The highest BCUT2D eigenvalue weighted by Gasteiger charge is 2.27. The number of methoxy groups -OCH3 is 1. The number of ether oxygens (including phenoxy) is 2. The minimum Gasteiger partial charge on any atom is -0.491 e. The van der Waals surface area contributed by atoms with Gasteiger partial charge in [-0.1, -0.05) is 6.07 Å². The lowest BCUT2D eigenvalue weighted by Crippen LogP contribution is -2.31. The van der Waals surface area contributed by atoms with Gasteiger partial charge in [0, 0.05) is 13.3 Å². The van der Waals surface area contributed by atoms with Crippen LogP contribution in [-0.4, -0.2) is 33.7 Å². The lowest BCUT2D eigenvalue weighted by atomic mass is 10.3. The zero-order valence-electron chi connectivity index (χ0n) is 14.8. The highest BCUT2D eigenvalue weighted by atomic mass is 32.2. The Balaban J connectivity index is 1.88. The van der Waals surface area contributed by atoms with Crippen molar-refractivity contribution in [2.24, 2.45) is 0 Å². The summed E-state index contributed by atoms with van der Waals surface area (Å²) in [6.07, 6.45) is 3.05. The molecule has 0 spiro atoms. The smallest absolute Gasteiger partial charge is 0.265 e. The van der Waals surface area contributed by atoms with Crippen LogP contribution in [0.15, 0.2) is 76.4 Å². The molecule has 1 aromatic carbocycles. The molecule has 8 heteroatoms. The van der Waals surface area contributed by atoms with E-state index in [-0.39, 0.29) is 11.4 Å². The van der Waals surface area contributed by atoms with Gasteiger partial charge in [0.2, 0.25) is 0 Å². The van der Waals surface area contributed by atoms with E-state index in [1.807, 2.05) is 0 Å². The lowest BCUT2D eigenvalue weighted by molar-refractivity contribution is 0.146. The zero-order valence-corrected chi connectivity index (χ0v) is 15.6. The van der Waals surface area contributed by atoms with E-state index in [2.05, 4.69) is 4.98 Å². The van der Waals surface area contributed by atoms with Crippen molar-refractivity contribution in [2.45, 2.75) is 11.4 Å². The van der Waals surface area contributed by atoms with Gasteiger partial charge in [-0.3, -0.25) is 0 Å². The van der Waals surface area contributed by atoms with Crippen molar-refractivity contribution in [3.8, 4) is 5.75 Å². The Morgan fingerprint density at radius 2 is 1.85 bits per heavy atom. The van der Waals surface area contributed by atoms with Crippen molar-refractivity contribution in [3.05, 3.63) is 72.8 Å². The van der Waals surface area contributed by atoms with Crippen LogP contribution in [0.1, 0.15) is 5.76 Å². The van der Waals surface area contributed by atoms with Crippen LogP contribution in [0.2, 0.25) is 0 Å². The molecule has 0 fully saturated rings. The molecule has 0 saturated carbocycles. The van der Waals surface area contributed by atoms with Gasteiger partial charge in [-0.2, -0.15) is 0 Å². The van der Waals surface area contributed by atoms with Crippen molar-refractivity contribution in [1.29, 1.82) is 0 Å². The molecular weight excluding hydrogens is 368 g/mol. The van der Waals surface area contributed by atoms with Gasteiger partial charge in [0.05, 0.1) is 24.3 Å². The number of anilines is 1. The Bertz CT molecular complexity index is 926. The standard InChI is InChI=1S/C19H20N2O5S/c1-24-13-14-26-16-7-9-18(10-8-16)27(22,23)21(15-17-5-4-12-25-17)19-6-2-3-11-20-19/h2-12H,13-15H2,1H3. The number of hydrogen-bond donors (Lipinski definition) is 0. The van der Waals surface area contributed by atoms with Crippen molar-refractivity contribution in [1.82, 2.24) is 4.98 Å². The summed E-state index contributed by atoms with van der Waals surface area (Å²) in [6, 6.07) is 14.8. The Morgan fingerprint density at radius 1 is 1.04 bits per heavy atom. The molecule has 0 unspecified atom stereocenters. The maximum Gasteiger partial charge on any atom is 0.265 e. The highest BCUT2D eigenvalue weighted by Crippen LogP contribution is 2.25. The van der Waals surface area contributed by atoms with Gasteiger partial charge in [-0.25, -0.2) is 17.7 Å². The molecule has 0 bridgehead atoms. The van der Waals surface area contributed by atoms with Gasteiger partial charge in [0.15, 0.2) is 0 Å². The van der Waals surface area contributed by atoms with E-state index >= 15 is 0 Å². The van der Waals surface area contributed by atoms with E-state index in [0.29, 0.717) is 30.5 Å². The van der Waals surface area contributed by atoms with Crippen molar-refractivity contribution in [3.63, 3.8) is 0 Å². The highest BCUT2D eigenvalue weighted by molar-refractivity contribution is 7.92. The van der Waals surface area contributed by atoms with Crippen LogP contribution in [0.25, 0.3) is 0 Å². The number of sulfonamides is 1. The number of nitrogens with zero attached hydrogens (tertiary/aromatic N) is 2. The lowest BCUT2D eigenvalue weighted by Gasteiger charge is -2.22. The summed E-state index contributed by atoms with van der Waals surface area (Å²) < 4.78 is 43.4. The number of hydrogen-bond acceptors (Lipinski definition) is 6. The van der Waals surface area contributed by atoms with Crippen LogP contribution >= 0.6 is 0 Å². The Morgan fingerprint density at radius 3 is 2.48 bits per heavy atom. The molecule has 0 saturated heterocycles. The molecule has 0 aliphatic heterocycles. The first-order valence-electron chi connectivity index (χ1n) is 8.29. The van der Waals surface area contributed by atoms with E-state index in [1.54, 1.807) is 55.8 Å². The van der Waals surface area contributed by atoms with E-state index in [4.69, 9.17) is 13.9 Å². The average Bonchev–Trinajstić information content (AvgIpc) is 3.21. The van der Waals surface area contributed by atoms with Crippen LogP contribution in [0.3, 0.4) is 0 Å². The van der Waals surface area contributed by atoms with Gasteiger partial charge in [0.25, 0.3) is 10.0 Å². The van der Waals surface area contributed by atoms with E-state index in [0.717, 1.165) is 0 Å². The molecule has 0 radical (unpaired) electrons. The van der Waals surface area contributed by atoms with Crippen LogP contribution in [0.5, 0.6) is 5.75 Å². The molecule has 0 aliphatic rings. The first kappa shape index (κ1) is 18.9. The minimum absolute atomic E-state index is 0.0401. The maximum absolute atomic E-state index is 13.2. The molecular formula is C19H20N2O5S. The predicted molar refractivity (Wildman–Crippen MR) is 100 cm³/mol. The summed E-state index contributed by atoms with van der Waals surface area (Å²) in [5.74, 6) is 1.40. The third kappa shape index (κ3) is 4.66. The van der Waals surface area contributed by atoms with Gasteiger partial charge in [-0.15, -0.1) is 0 Å². The summed E-state index contributed by atoms with van der Waals surface area (Å²) in [7, 11) is -2.25. The summed E-state index contributed by atoms with van der Waals surface area (Å²) in [6.45, 7) is 0.885. The van der Waals surface area contributed by atoms with Crippen molar-refractivity contribution < 1.29 is 22.3 Å². The minimum atomic E-state index is -3.84. The Kier molecular flexibility index (Phi) is 6.10. The van der Waals surface area contributed by atoms with Crippen molar-refractivity contribution >= 4 is 15.8 Å². The SMILES string of the molecule is COCCOc1ccc(S(=O)(=O)N(Cc2ccco2)c2ccccn2)cc1. The Labute approximate surface area is 158 Å². The molecule has 2 heterocycles. The third-order valence-corrected chi connectivity index (χ3v) is 5.52. The molecule has 3 aromatic rings. The Hall–Kier alpha value is -2.84. The van der Waals surface area contributed by atoms with Crippen LogP contribution < -0.4 is 9.04 Å². The molecule has 2 aromatic heterocycles. The third-order valence-electron chi connectivity index (χ3n) is 3.75. The van der Waals surface area contributed by atoms with Crippen LogP contribution in [-0.2, 0) is 21.3 Å². The molecule has 0 aliphatic carbocycles. The predicted octanol–water partition coefficient (Wildman–Crippen LogP) is 3.10. The van der Waals surface area contributed by atoms with E-state index in [1.165, 1.54) is 22.7 Å². The fourth-order valence-corrected chi connectivity index (χ4v) is 3.80. The van der Waals surface area contributed by atoms with Gasteiger partial charge >= 0.3 is 0 Å². The molecule has 3 rings (SSSR count). The largest absolute Gasteiger partial charge is 0.491 e.